The number of hydrogen-bond acceptors (Lipinski definition) is 5. The van der Waals surface area contributed by atoms with Crippen molar-refractivity contribution in [2.75, 3.05) is 19.6 Å². The van der Waals surface area contributed by atoms with Gasteiger partial charge in [-0.1, -0.05) is 67.8 Å². The summed E-state index contributed by atoms with van der Waals surface area (Å²) in [5, 5.41) is 16.1. The van der Waals surface area contributed by atoms with Crippen LogP contribution >= 0.6 is 0 Å². The largest absolute Gasteiger partial charge is 0.392 e. The van der Waals surface area contributed by atoms with Gasteiger partial charge in [-0.2, -0.15) is 0 Å². The SMILES string of the molecule is O=C(NCc1ccc([C@@H]2O[C@H](CN3CCCCCCC3)C[C@H](c3ccc(CO)cc3)O2)cc1)NC12CC3CC(CC(C3)C1)C2. The van der Waals surface area contributed by atoms with Crippen LogP contribution in [0.15, 0.2) is 48.5 Å². The highest BCUT2D eigenvalue weighted by atomic mass is 16.7. The summed E-state index contributed by atoms with van der Waals surface area (Å²) in [6.45, 7) is 3.74. The van der Waals surface area contributed by atoms with Crippen LogP contribution in [0.1, 0.15) is 112 Å². The zero-order valence-electron chi connectivity index (χ0n) is 26.2. The number of carbonyl (C=O) groups is 1. The second-order valence-electron chi connectivity index (χ2n) is 14.7. The van der Waals surface area contributed by atoms with Crippen LogP contribution in [0.3, 0.4) is 0 Å². The normalized spacial score (nSPS) is 33.8. The number of rotatable bonds is 8. The van der Waals surface area contributed by atoms with Crippen LogP contribution in [0.2, 0.25) is 0 Å². The van der Waals surface area contributed by atoms with Crippen LogP contribution in [0.4, 0.5) is 4.79 Å². The topological polar surface area (TPSA) is 83.1 Å². The van der Waals surface area contributed by atoms with Crippen LogP contribution in [0, 0.1) is 17.8 Å². The number of urea groups is 1. The van der Waals surface area contributed by atoms with Gasteiger partial charge in [0.25, 0.3) is 0 Å². The summed E-state index contributed by atoms with van der Waals surface area (Å²) in [6.07, 6.45) is 14.5. The fraction of sp³-hybridized carbons (Fsp3) is 0.649. The number of nitrogens with zero attached hydrogens (tertiary/aromatic N) is 1. The van der Waals surface area contributed by atoms with E-state index in [9.17, 15) is 9.90 Å². The summed E-state index contributed by atoms with van der Waals surface area (Å²) in [5.74, 6) is 2.43. The van der Waals surface area contributed by atoms with Crippen molar-refractivity contribution in [1.29, 1.82) is 0 Å². The Balaban J connectivity index is 0.982. The average molecular weight is 602 g/mol. The molecule has 3 atom stereocenters. The molecule has 8 rings (SSSR count). The van der Waals surface area contributed by atoms with Gasteiger partial charge in [0.15, 0.2) is 6.29 Å². The van der Waals surface area contributed by atoms with Gasteiger partial charge in [0, 0.05) is 30.6 Å². The standard InChI is InChI=1S/C37H51N3O4/c41-25-27-8-10-31(11-9-27)34-19-33(24-40-14-4-2-1-3-5-15-40)43-35(44-34)32-12-6-26(7-13-32)23-38-36(42)39-37-20-28-16-29(21-37)18-30(17-28)22-37/h6-13,28-30,33-35,41H,1-5,14-25H2,(H2,38,39,42)/t28?,29?,30?,33-,34+,35+,37?/m0/s1. The maximum Gasteiger partial charge on any atom is 0.315 e. The Labute approximate surface area is 263 Å². The third kappa shape index (κ3) is 7.17. The number of carbonyl (C=O) groups excluding carboxylic acids is 1. The molecule has 4 aliphatic carbocycles. The van der Waals surface area contributed by atoms with E-state index in [1.54, 1.807) is 0 Å². The summed E-state index contributed by atoms with van der Waals surface area (Å²) < 4.78 is 13.2. The van der Waals surface area contributed by atoms with E-state index >= 15 is 0 Å². The van der Waals surface area contributed by atoms with E-state index < -0.39 is 6.29 Å². The molecule has 6 aliphatic rings. The molecule has 4 bridgehead atoms. The molecule has 3 N–H and O–H groups in total. The third-order valence-corrected chi connectivity index (χ3v) is 11.1. The molecule has 2 amide bonds. The van der Waals surface area contributed by atoms with E-state index in [0.717, 1.165) is 85.3 Å². The molecule has 6 fully saturated rings. The lowest BCUT2D eigenvalue weighted by atomic mass is 9.53. The molecular weight excluding hydrogens is 550 g/mol. The van der Waals surface area contributed by atoms with Crippen molar-refractivity contribution in [3.05, 3.63) is 70.8 Å². The van der Waals surface area contributed by atoms with E-state index in [4.69, 9.17) is 9.47 Å². The first-order chi connectivity index (χ1) is 21.5. The van der Waals surface area contributed by atoms with Crippen molar-refractivity contribution < 1.29 is 19.4 Å². The highest BCUT2D eigenvalue weighted by molar-refractivity contribution is 5.75. The Morgan fingerprint density at radius 2 is 1.36 bits per heavy atom. The summed E-state index contributed by atoms with van der Waals surface area (Å²) in [5.41, 5.74) is 4.13. The Morgan fingerprint density at radius 1 is 0.773 bits per heavy atom. The molecule has 238 valence electrons. The van der Waals surface area contributed by atoms with E-state index in [2.05, 4.69) is 51.9 Å². The first-order valence-electron chi connectivity index (χ1n) is 17.4. The fourth-order valence-electron chi connectivity index (χ4n) is 9.34. The van der Waals surface area contributed by atoms with Crippen LogP contribution in [-0.2, 0) is 22.6 Å². The minimum absolute atomic E-state index is 0.0242. The van der Waals surface area contributed by atoms with Gasteiger partial charge in [0.1, 0.15) is 0 Å². The quantitative estimate of drug-likeness (QED) is 0.312. The summed E-state index contributed by atoms with van der Waals surface area (Å²) in [6, 6.07) is 16.4. The van der Waals surface area contributed by atoms with Gasteiger partial charge in [-0.3, -0.25) is 0 Å². The first kappa shape index (κ1) is 30.2. The molecule has 0 radical (unpaired) electrons. The van der Waals surface area contributed by atoms with Crippen LogP contribution in [0.5, 0.6) is 0 Å². The number of nitrogens with one attached hydrogen (secondary N) is 2. The minimum Gasteiger partial charge on any atom is -0.392 e. The van der Waals surface area contributed by atoms with Crippen molar-refractivity contribution in [1.82, 2.24) is 15.5 Å². The molecule has 2 heterocycles. The predicted molar refractivity (Wildman–Crippen MR) is 171 cm³/mol. The number of amides is 2. The minimum atomic E-state index is -0.451. The number of aliphatic hydroxyl groups is 1. The predicted octanol–water partition coefficient (Wildman–Crippen LogP) is 6.76. The maximum absolute atomic E-state index is 13.0. The van der Waals surface area contributed by atoms with Crippen molar-refractivity contribution in [2.24, 2.45) is 17.8 Å². The number of benzene rings is 2. The molecule has 0 unspecified atom stereocenters. The lowest BCUT2D eigenvalue weighted by Crippen LogP contribution is -2.61. The second kappa shape index (κ2) is 13.5. The summed E-state index contributed by atoms with van der Waals surface area (Å²) in [7, 11) is 0. The zero-order chi connectivity index (χ0) is 29.9. The van der Waals surface area contributed by atoms with Crippen molar-refractivity contribution in [3.63, 3.8) is 0 Å². The van der Waals surface area contributed by atoms with Crippen molar-refractivity contribution in [2.45, 2.75) is 114 Å². The molecule has 4 saturated carbocycles. The Hall–Kier alpha value is -2.45. The molecule has 7 nitrogen and oxygen atoms in total. The number of aliphatic hydroxyl groups excluding tert-OH is 1. The highest BCUT2D eigenvalue weighted by Crippen LogP contribution is 2.55. The Morgan fingerprint density at radius 3 is 2.00 bits per heavy atom. The van der Waals surface area contributed by atoms with Crippen LogP contribution < -0.4 is 10.6 Å². The van der Waals surface area contributed by atoms with Gasteiger partial charge >= 0.3 is 6.03 Å². The van der Waals surface area contributed by atoms with E-state index in [1.807, 2.05) is 12.1 Å². The van der Waals surface area contributed by atoms with E-state index in [1.165, 1.54) is 51.4 Å². The fourth-order valence-corrected chi connectivity index (χ4v) is 9.34. The molecule has 44 heavy (non-hydrogen) atoms. The van der Waals surface area contributed by atoms with Crippen molar-refractivity contribution in [3.8, 4) is 0 Å². The molecule has 7 heteroatoms. The monoisotopic (exact) mass is 601 g/mol. The first-order valence-corrected chi connectivity index (χ1v) is 17.4. The number of ether oxygens (including phenoxy) is 2. The van der Waals surface area contributed by atoms with Crippen LogP contribution in [-0.4, -0.2) is 47.3 Å². The van der Waals surface area contributed by atoms with Gasteiger partial charge in [-0.05, 0) is 98.9 Å². The Kier molecular flexibility index (Phi) is 9.27. The maximum atomic E-state index is 13.0. The number of hydrogen-bond donors (Lipinski definition) is 3. The number of likely N-dealkylation sites (tertiary alicyclic amines) is 1. The lowest BCUT2D eigenvalue weighted by molar-refractivity contribution is -0.253. The molecule has 0 spiro atoms. The average Bonchev–Trinajstić information content (AvgIpc) is 3.00. The third-order valence-electron chi connectivity index (χ3n) is 11.1. The van der Waals surface area contributed by atoms with Gasteiger partial charge in [-0.15, -0.1) is 0 Å². The van der Waals surface area contributed by atoms with Crippen molar-refractivity contribution >= 4 is 6.03 Å². The second-order valence-corrected chi connectivity index (χ2v) is 14.7. The van der Waals surface area contributed by atoms with E-state index in [0.29, 0.717) is 6.54 Å². The Bertz CT molecular complexity index is 1210. The smallest absolute Gasteiger partial charge is 0.315 e. The van der Waals surface area contributed by atoms with Gasteiger partial charge in [0.2, 0.25) is 0 Å². The summed E-state index contributed by atoms with van der Waals surface area (Å²) in [4.78, 5) is 15.6. The molecular formula is C37H51N3O4. The zero-order valence-corrected chi connectivity index (χ0v) is 26.2. The van der Waals surface area contributed by atoms with Gasteiger partial charge < -0.3 is 30.1 Å². The summed E-state index contributed by atoms with van der Waals surface area (Å²) >= 11 is 0. The van der Waals surface area contributed by atoms with E-state index in [-0.39, 0.29) is 30.4 Å². The molecule has 2 aromatic rings. The van der Waals surface area contributed by atoms with Gasteiger partial charge in [-0.25, -0.2) is 4.79 Å². The van der Waals surface area contributed by atoms with Crippen LogP contribution in [0.25, 0.3) is 0 Å². The van der Waals surface area contributed by atoms with Gasteiger partial charge in [0.05, 0.1) is 18.8 Å². The molecule has 2 aromatic carbocycles. The molecule has 0 aromatic heterocycles. The molecule has 2 aliphatic heterocycles. The lowest BCUT2D eigenvalue weighted by Gasteiger charge is -2.56. The highest BCUT2D eigenvalue weighted by Gasteiger charge is 2.51. The molecule has 2 saturated heterocycles.